The van der Waals surface area contributed by atoms with Crippen LogP contribution in [0.1, 0.15) is 21.7 Å². The van der Waals surface area contributed by atoms with Crippen molar-refractivity contribution in [2.45, 2.75) is 0 Å². The van der Waals surface area contributed by atoms with E-state index in [2.05, 4.69) is 26.1 Å². The highest BCUT2D eigenvalue weighted by molar-refractivity contribution is 6.33. The average molecular weight is 487 g/mol. The second-order valence-corrected chi connectivity index (χ2v) is 7.77. The smallest absolute Gasteiger partial charge is 0.339 e. The van der Waals surface area contributed by atoms with Gasteiger partial charge in [-0.05, 0) is 54.1 Å². The zero-order valence-electron chi connectivity index (χ0n) is 18.5. The minimum atomic E-state index is -0.601. The number of benzene rings is 3. The number of carbonyl (C=O) groups is 2. The molecule has 1 aromatic heterocycles. The number of amides is 1. The van der Waals surface area contributed by atoms with Crippen molar-refractivity contribution in [2.24, 2.45) is 0 Å². The van der Waals surface area contributed by atoms with Crippen LogP contribution in [-0.4, -0.2) is 35.6 Å². The second kappa shape index (κ2) is 10.5. The summed E-state index contributed by atoms with van der Waals surface area (Å²) >= 11 is 5.99. The Morgan fingerprint density at radius 1 is 1.14 bits per heavy atom. The number of rotatable bonds is 7. The fourth-order valence-electron chi connectivity index (χ4n) is 3.28. The molecule has 0 aliphatic rings. The molecule has 0 saturated carbocycles. The summed E-state index contributed by atoms with van der Waals surface area (Å²) in [4.78, 5) is 31.6. The Balaban J connectivity index is 1.38. The van der Waals surface area contributed by atoms with Crippen LogP contribution in [0.25, 0.3) is 22.7 Å². The maximum absolute atomic E-state index is 12.3. The number of esters is 1. The van der Waals surface area contributed by atoms with Crippen LogP contribution in [0, 0.1) is 11.3 Å². The van der Waals surface area contributed by atoms with Crippen molar-refractivity contribution < 1.29 is 19.1 Å². The van der Waals surface area contributed by atoms with E-state index in [4.69, 9.17) is 16.3 Å². The predicted octanol–water partition coefficient (Wildman–Crippen LogP) is 5.08. The van der Waals surface area contributed by atoms with E-state index < -0.39 is 11.9 Å². The van der Waals surface area contributed by atoms with Crippen LogP contribution in [0.3, 0.4) is 0 Å². The number of methoxy groups -OCH3 is 1. The van der Waals surface area contributed by atoms with Gasteiger partial charge in [-0.25, -0.2) is 9.78 Å². The largest absolute Gasteiger partial charge is 0.484 e. The van der Waals surface area contributed by atoms with Crippen LogP contribution >= 0.6 is 11.6 Å². The molecule has 0 atom stereocenters. The molecule has 174 valence electrons. The molecule has 4 aromatic rings. The van der Waals surface area contributed by atoms with Gasteiger partial charge in [0.15, 0.2) is 6.61 Å². The third-order valence-electron chi connectivity index (χ3n) is 4.98. The molecule has 0 fully saturated rings. The van der Waals surface area contributed by atoms with Crippen LogP contribution in [-0.2, 0) is 9.53 Å². The first-order chi connectivity index (χ1) is 17.0. The number of ether oxygens (including phenoxy) is 2. The van der Waals surface area contributed by atoms with Gasteiger partial charge in [-0.1, -0.05) is 35.9 Å². The number of nitrogens with zero attached hydrogens (tertiary/aromatic N) is 2. The summed E-state index contributed by atoms with van der Waals surface area (Å²) in [6.07, 6.45) is 1.72. The first-order valence-corrected chi connectivity index (χ1v) is 10.8. The number of H-pyrrole nitrogens is 1. The first kappa shape index (κ1) is 23.5. The number of nitrogens with one attached hydrogen (secondary N) is 2. The van der Waals surface area contributed by atoms with Crippen LogP contribution in [0.4, 0.5) is 5.69 Å². The molecule has 0 bridgehead atoms. The normalized spacial score (nSPS) is 11.1. The van der Waals surface area contributed by atoms with Gasteiger partial charge in [-0.3, -0.25) is 4.79 Å². The zero-order chi connectivity index (χ0) is 24.8. The van der Waals surface area contributed by atoms with E-state index in [1.54, 1.807) is 36.4 Å². The van der Waals surface area contributed by atoms with Crippen LogP contribution in [0.2, 0.25) is 5.02 Å². The molecule has 35 heavy (non-hydrogen) atoms. The molecular formula is C26H19ClN4O4. The van der Waals surface area contributed by atoms with Gasteiger partial charge in [0, 0.05) is 5.69 Å². The van der Waals surface area contributed by atoms with Gasteiger partial charge in [0.25, 0.3) is 5.91 Å². The van der Waals surface area contributed by atoms with Crippen molar-refractivity contribution in [1.82, 2.24) is 9.97 Å². The number of allylic oxidation sites excluding steroid dienone is 1. The van der Waals surface area contributed by atoms with Crippen LogP contribution in [0.5, 0.6) is 5.75 Å². The van der Waals surface area contributed by atoms with Gasteiger partial charge in [-0.2, -0.15) is 5.26 Å². The SMILES string of the molecule is COC(=O)c1cc(NC(=O)COc2ccc(C=C(C#N)c3nc4ccccc4[nH]3)cc2)ccc1Cl. The summed E-state index contributed by atoms with van der Waals surface area (Å²) in [5.74, 6) is -0.0470. The third-order valence-corrected chi connectivity index (χ3v) is 5.31. The van der Waals surface area contributed by atoms with Crippen LogP contribution < -0.4 is 10.1 Å². The number of imidazole rings is 1. The highest BCUT2D eigenvalue weighted by Gasteiger charge is 2.13. The number of hydrogen-bond donors (Lipinski definition) is 2. The van der Waals surface area contributed by atoms with Gasteiger partial charge in [0.05, 0.1) is 34.3 Å². The predicted molar refractivity (Wildman–Crippen MR) is 133 cm³/mol. The monoisotopic (exact) mass is 486 g/mol. The van der Waals surface area contributed by atoms with Crippen molar-refractivity contribution in [3.8, 4) is 11.8 Å². The van der Waals surface area contributed by atoms with Crippen molar-refractivity contribution in [1.29, 1.82) is 5.26 Å². The molecule has 0 unspecified atom stereocenters. The molecule has 0 aliphatic carbocycles. The van der Waals surface area contributed by atoms with Gasteiger partial charge < -0.3 is 19.8 Å². The minimum absolute atomic E-state index is 0.149. The average Bonchev–Trinajstić information content (AvgIpc) is 3.31. The summed E-state index contributed by atoms with van der Waals surface area (Å²) in [6.45, 7) is -0.242. The molecule has 0 aliphatic heterocycles. The van der Waals surface area contributed by atoms with Crippen molar-refractivity contribution in [3.05, 3.63) is 88.7 Å². The number of aromatic amines is 1. The van der Waals surface area contributed by atoms with Crippen LogP contribution in [0.15, 0.2) is 66.7 Å². The van der Waals surface area contributed by atoms with E-state index in [0.29, 0.717) is 22.8 Å². The Morgan fingerprint density at radius 3 is 2.63 bits per heavy atom. The van der Waals surface area contributed by atoms with Gasteiger partial charge >= 0.3 is 5.97 Å². The topological polar surface area (TPSA) is 117 Å². The van der Waals surface area contributed by atoms with Crippen molar-refractivity contribution in [2.75, 3.05) is 19.0 Å². The summed E-state index contributed by atoms with van der Waals surface area (Å²) in [5, 5.41) is 12.5. The summed E-state index contributed by atoms with van der Waals surface area (Å²) in [6, 6.07) is 21.2. The van der Waals surface area contributed by atoms with Crippen molar-refractivity contribution in [3.63, 3.8) is 0 Å². The third kappa shape index (κ3) is 5.66. The van der Waals surface area contributed by atoms with E-state index in [1.165, 1.54) is 19.2 Å². The van der Waals surface area contributed by atoms with Gasteiger partial charge in [0.1, 0.15) is 17.6 Å². The fraction of sp³-hybridized carbons (Fsp3) is 0.0769. The maximum Gasteiger partial charge on any atom is 0.339 e. The lowest BCUT2D eigenvalue weighted by molar-refractivity contribution is -0.118. The Labute approximate surface area is 205 Å². The number of halogens is 1. The lowest BCUT2D eigenvalue weighted by atomic mass is 10.1. The Hall–Kier alpha value is -4.61. The molecule has 8 nitrogen and oxygen atoms in total. The number of fused-ring (bicyclic) bond motifs is 1. The highest BCUT2D eigenvalue weighted by atomic mass is 35.5. The Kier molecular flexibility index (Phi) is 7.10. The lowest BCUT2D eigenvalue weighted by Gasteiger charge is -2.09. The molecular weight excluding hydrogens is 468 g/mol. The van der Waals surface area contributed by atoms with E-state index in [0.717, 1.165) is 16.6 Å². The lowest BCUT2D eigenvalue weighted by Crippen LogP contribution is -2.20. The molecule has 4 rings (SSSR count). The minimum Gasteiger partial charge on any atom is -0.484 e. The van der Waals surface area contributed by atoms with E-state index in [1.807, 2.05) is 24.3 Å². The Bertz CT molecular complexity index is 1440. The summed E-state index contributed by atoms with van der Waals surface area (Å²) in [7, 11) is 1.25. The first-order valence-electron chi connectivity index (χ1n) is 10.4. The molecule has 0 radical (unpaired) electrons. The van der Waals surface area contributed by atoms with E-state index >= 15 is 0 Å². The highest BCUT2D eigenvalue weighted by Crippen LogP contribution is 2.22. The molecule has 1 amide bonds. The number of aromatic nitrogens is 2. The molecule has 0 saturated heterocycles. The summed E-state index contributed by atoms with van der Waals surface area (Å²) < 4.78 is 10.2. The van der Waals surface area contributed by atoms with E-state index in [-0.39, 0.29) is 17.2 Å². The molecule has 0 spiro atoms. The number of nitriles is 1. The molecule has 9 heteroatoms. The van der Waals surface area contributed by atoms with E-state index in [9.17, 15) is 14.9 Å². The number of para-hydroxylation sites is 2. The summed E-state index contributed by atoms with van der Waals surface area (Å²) in [5.41, 5.74) is 3.34. The quantitative estimate of drug-likeness (QED) is 0.278. The van der Waals surface area contributed by atoms with Gasteiger partial charge in [-0.15, -0.1) is 0 Å². The number of carbonyl (C=O) groups excluding carboxylic acids is 2. The zero-order valence-corrected chi connectivity index (χ0v) is 19.3. The fourth-order valence-corrected chi connectivity index (χ4v) is 3.47. The molecule has 1 heterocycles. The number of hydrogen-bond acceptors (Lipinski definition) is 6. The maximum atomic E-state index is 12.3. The molecule has 2 N–H and O–H groups in total. The molecule has 3 aromatic carbocycles. The Morgan fingerprint density at radius 2 is 1.91 bits per heavy atom. The second-order valence-electron chi connectivity index (χ2n) is 7.36. The number of anilines is 1. The standard InChI is InChI=1S/C26H19ClN4O4/c1-34-26(33)20-13-18(8-11-21(20)27)29-24(32)15-35-19-9-6-16(7-10-19)12-17(14-28)25-30-22-4-2-3-5-23(22)31-25/h2-13H,15H2,1H3,(H,29,32)(H,30,31). The van der Waals surface area contributed by atoms with Gasteiger partial charge in [0.2, 0.25) is 0 Å². The van der Waals surface area contributed by atoms with Crippen molar-refractivity contribution >= 4 is 51.8 Å².